The number of carbonyl (C=O) groups excluding carboxylic acids is 1. The van der Waals surface area contributed by atoms with Crippen molar-refractivity contribution in [3.63, 3.8) is 0 Å². The highest BCUT2D eigenvalue weighted by atomic mass is 35.5. The summed E-state index contributed by atoms with van der Waals surface area (Å²) in [6.07, 6.45) is 3.99. The zero-order chi connectivity index (χ0) is 25.1. The monoisotopic (exact) mass is 535 g/mol. The predicted molar refractivity (Wildman–Crippen MR) is 148 cm³/mol. The van der Waals surface area contributed by atoms with Gasteiger partial charge in [0.15, 0.2) is 5.11 Å². The number of hydrogen-bond acceptors (Lipinski definition) is 3. The smallest absolute Gasteiger partial charge is 0.226 e. The van der Waals surface area contributed by atoms with Gasteiger partial charge in [0.2, 0.25) is 5.91 Å². The second-order valence-corrected chi connectivity index (χ2v) is 9.61. The maximum absolute atomic E-state index is 12.7. The van der Waals surface area contributed by atoms with Gasteiger partial charge in [-0.15, -0.1) is 0 Å². The molecule has 0 unspecified atom stereocenters. The van der Waals surface area contributed by atoms with Gasteiger partial charge in [-0.1, -0.05) is 47.5 Å². The highest BCUT2D eigenvalue weighted by Crippen LogP contribution is 2.40. The molecule has 5 rings (SSSR count). The number of aromatic nitrogens is 2. The molecule has 0 bridgehead atoms. The lowest BCUT2D eigenvalue weighted by Crippen LogP contribution is -2.33. The summed E-state index contributed by atoms with van der Waals surface area (Å²) in [5.41, 5.74) is 3.39. The second kappa shape index (κ2) is 10.7. The van der Waals surface area contributed by atoms with E-state index in [0.717, 1.165) is 22.8 Å². The van der Waals surface area contributed by atoms with Crippen LogP contribution in [0.5, 0.6) is 0 Å². The molecule has 1 fully saturated rings. The molecule has 0 radical (unpaired) electrons. The first-order valence-corrected chi connectivity index (χ1v) is 12.6. The van der Waals surface area contributed by atoms with Crippen molar-refractivity contribution in [3.05, 3.63) is 113 Å². The van der Waals surface area contributed by atoms with E-state index in [4.69, 9.17) is 35.4 Å². The Hall–Kier alpha value is -3.39. The summed E-state index contributed by atoms with van der Waals surface area (Å²) in [5.74, 6) is -0.0832. The van der Waals surface area contributed by atoms with Gasteiger partial charge in [-0.2, -0.15) is 0 Å². The molecule has 1 amide bonds. The standard InChI is InChI=1S/C27H23Cl2N5OS/c28-18-11-12-22(20(29)17-18)33-15-6-10-23(33)26-25(21-9-4-5-14-30-21)32-27(36)34(26)16-13-24(35)31-19-7-2-1-3-8-19/h1-12,14-15,17,25-26H,13,16H2,(H,31,35)(H,32,36)/t25-,26-/m1/s1. The largest absolute Gasteiger partial charge is 0.352 e. The van der Waals surface area contributed by atoms with E-state index in [1.54, 1.807) is 12.3 Å². The molecule has 0 spiro atoms. The van der Waals surface area contributed by atoms with Crippen LogP contribution < -0.4 is 10.6 Å². The van der Waals surface area contributed by atoms with Gasteiger partial charge >= 0.3 is 0 Å². The van der Waals surface area contributed by atoms with Crippen LogP contribution in [0, 0.1) is 0 Å². The van der Waals surface area contributed by atoms with Crippen molar-refractivity contribution >= 4 is 52.1 Å². The number of thiocarbonyl (C=S) groups is 1. The fourth-order valence-electron chi connectivity index (χ4n) is 4.47. The topological polar surface area (TPSA) is 62.2 Å². The van der Waals surface area contributed by atoms with Crippen molar-refractivity contribution in [3.8, 4) is 5.69 Å². The number of para-hydroxylation sites is 1. The highest BCUT2D eigenvalue weighted by Gasteiger charge is 2.41. The van der Waals surface area contributed by atoms with Crippen LogP contribution in [0.2, 0.25) is 10.0 Å². The van der Waals surface area contributed by atoms with Crippen LogP contribution in [-0.4, -0.2) is 32.0 Å². The fourth-order valence-corrected chi connectivity index (χ4v) is 5.30. The summed E-state index contributed by atoms with van der Waals surface area (Å²) in [6, 6.07) is 24.2. The van der Waals surface area contributed by atoms with Gasteiger partial charge < -0.3 is 20.1 Å². The number of amides is 1. The van der Waals surface area contributed by atoms with Gasteiger partial charge in [-0.25, -0.2) is 0 Å². The Morgan fingerprint density at radius 3 is 2.58 bits per heavy atom. The van der Waals surface area contributed by atoms with Crippen molar-refractivity contribution in [2.75, 3.05) is 11.9 Å². The Labute approximate surface area is 224 Å². The van der Waals surface area contributed by atoms with Crippen molar-refractivity contribution in [1.29, 1.82) is 0 Å². The molecule has 2 aromatic heterocycles. The Balaban J connectivity index is 1.47. The number of pyridine rings is 1. The number of rotatable bonds is 7. The van der Waals surface area contributed by atoms with E-state index in [0.29, 0.717) is 21.7 Å². The summed E-state index contributed by atoms with van der Waals surface area (Å²) in [7, 11) is 0. The van der Waals surface area contributed by atoms with Crippen molar-refractivity contribution < 1.29 is 4.79 Å². The molecule has 0 saturated carbocycles. The number of benzene rings is 2. The van der Waals surface area contributed by atoms with Crippen molar-refractivity contribution in [1.82, 2.24) is 19.8 Å². The second-order valence-electron chi connectivity index (χ2n) is 8.38. The normalized spacial score (nSPS) is 17.2. The first-order chi connectivity index (χ1) is 17.5. The molecule has 9 heteroatoms. The molecule has 1 aliphatic heterocycles. The van der Waals surface area contributed by atoms with E-state index in [9.17, 15) is 4.79 Å². The number of halogens is 2. The van der Waals surface area contributed by atoms with Gasteiger partial charge in [0.25, 0.3) is 0 Å². The molecule has 1 aliphatic rings. The van der Waals surface area contributed by atoms with E-state index in [1.807, 2.05) is 83.6 Å². The number of nitrogens with zero attached hydrogens (tertiary/aromatic N) is 3. The Bertz CT molecular complexity index is 1380. The summed E-state index contributed by atoms with van der Waals surface area (Å²) in [4.78, 5) is 19.4. The molecule has 0 aliphatic carbocycles. The minimum atomic E-state index is -0.223. The molecule has 2 aromatic carbocycles. The molecule has 2 atom stereocenters. The minimum Gasteiger partial charge on any atom is -0.352 e. The van der Waals surface area contributed by atoms with Gasteiger partial charge in [0.05, 0.1) is 28.5 Å². The quantitative estimate of drug-likeness (QED) is 0.276. The SMILES string of the molecule is O=C(CCN1C(=S)N[C@H](c2ccccn2)[C@H]1c1cccn1-c1ccc(Cl)cc1Cl)Nc1ccccc1. The third kappa shape index (κ3) is 5.09. The molecule has 182 valence electrons. The molecule has 4 aromatic rings. The van der Waals surface area contributed by atoms with E-state index in [-0.39, 0.29) is 24.4 Å². The van der Waals surface area contributed by atoms with Crippen LogP contribution in [0.1, 0.15) is 29.9 Å². The molecular formula is C27H23Cl2N5OS. The maximum Gasteiger partial charge on any atom is 0.226 e. The zero-order valence-electron chi connectivity index (χ0n) is 19.1. The summed E-state index contributed by atoms with van der Waals surface area (Å²) in [6.45, 7) is 0.429. The Morgan fingerprint density at radius 2 is 1.83 bits per heavy atom. The summed E-state index contributed by atoms with van der Waals surface area (Å²) < 4.78 is 2.03. The molecule has 3 heterocycles. The maximum atomic E-state index is 12.7. The third-order valence-electron chi connectivity index (χ3n) is 6.09. The van der Waals surface area contributed by atoms with Crippen LogP contribution in [0.25, 0.3) is 5.69 Å². The minimum absolute atomic E-state index is 0.0832. The fraction of sp³-hybridized carbons (Fsp3) is 0.148. The first-order valence-electron chi connectivity index (χ1n) is 11.5. The highest BCUT2D eigenvalue weighted by molar-refractivity contribution is 7.80. The molecule has 6 nitrogen and oxygen atoms in total. The molecular weight excluding hydrogens is 513 g/mol. The van der Waals surface area contributed by atoms with E-state index in [2.05, 4.69) is 20.5 Å². The lowest BCUT2D eigenvalue weighted by molar-refractivity contribution is -0.116. The Kier molecular flexibility index (Phi) is 7.23. The third-order valence-corrected chi connectivity index (χ3v) is 6.98. The average Bonchev–Trinajstić information content (AvgIpc) is 3.48. The average molecular weight is 536 g/mol. The molecule has 1 saturated heterocycles. The van der Waals surface area contributed by atoms with E-state index in [1.165, 1.54) is 0 Å². The first kappa shape index (κ1) is 24.3. The number of nitrogens with one attached hydrogen (secondary N) is 2. The Morgan fingerprint density at radius 1 is 1.03 bits per heavy atom. The summed E-state index contributed by atoms with van der Waals surface area (Å²) >= 11 is 18.5. The molecule has 36 heavy (non-hydrogen) atoms. The predicted octanol–water partition coefficient (Wildman–Crippen LogP) is 6.18. The van der Waals surface area contributed by atoms with Crippen LogP contribution in [0.15, 0.2) is 91.3 Å². The van der Waals surface area contributed by atoms with E-state index < -0.39 is 0 Å². The van der Waals surface area contributed by atoms with Crippen LogP contribution in [0.4, 0.5) is 5.69 Å². The van der Waals surface area contributed by atoms with Gasteiger partial charge in [-0.3, -0.25) is 9.78 Å². The van der Waals surface area contributed by atoms with Gasteiger partial charge in [-0.05, 0) is 66.8 Å². The van der Waals surface area contributed by atoms with E-state index >= 15 is 0 Å². The van der Waals surface area contributed by atoms with Crippen molar-refractivity contribution in [2.24, 2.45) is 0 Å². The van der Waals surface area contributed by atoms with Gasteiger partial charge in [0, 0.05) is 41.8 Å². The van der Waals surface area contributed by atoms with Crippen molar-refractivity contribution in [2.45, 2.75) is 18.5 Å². The lowest BCUT2D eigenvalue weighted by atomic mass is 10.0. The van der Waals surface area contributed by atoms with Crippen LogP contribution in [0.3, 0.4) is 0 Å². The van der Waals surface area contributed by atoms with Crippen LogP contribution in [-0.2, 0) is 4.79 Å². The number of anilines is 1. The summed E-state index contributed by atoms with van der Waals surface area (Å²) in [5, 5.41) is 8.05. The number of hydrogen-bond donors (Lipinski definition) is 2. The lowest BCUT2D eigenvalue weighted by Gasteiger charge is -2.29. The zero-order valence-corrected chi connectivity index (χ0v) is 21.5. The molecule has 2 N–H and O–H groups in total. The van der Waals surface area contributed by atoms with Gasteiger partial charge in [0.1, 0.15) is 0 Å². The number of carbonyl (C=O) groups is 1. The van der Waals surface area contributed by atoms with Crippen LogP contribution >= 0.6 is 35.4 Å².